The molecule has 0 aromatic carbocycles. The Bertz CT molecular complexity index is 887. The number of fused-ring (bicyclic) bond motifs is 1. The molecular weight excluding hydrogens is 390 g/mol. The number of hydrogen-bond donors (Lipinski definition) is 5. The molecule has 12 nitrogen and oxygen atoms in total. The summed E-state index contributed by atoms with van der Waals surface area (Å²) in [7, 11) is 0. The van der Waals surface area contributed by atoms with Gasteiger partial charge < -0.3 is 26.5 Å². The molecule has 0 radical (unpaired) electrons. The summed E-state index contributed by atoms with van der Waals surface area (Å²) in [5.41, 5.74) is 6.25. The minimum Gasteiger partial charge on any atom is -0.481 e. The predicted octanol–water partition coefficient (Wildman–Crippen LogP) is -1.22. The van der Waals surface area contributed by atoms with E-state index in [1.807, 2.05) is 0 Å². The number of nitrogens with one attached hydrogen (secondary N) is 3. The van der Waals surface area contributed by atoms with Crippen LogP contribution in [0.1, 0.15) is 19.8 Å². The number of nitrogens with zero attached hydrogens (tertiary/aromatic N) is 3. The van der Waals surface area contributed by atoms with Gasteiger partial charge >= 0.3 is 5.97 Å². The summed E-state index contributed by atoms with van der Waals surface area (Å²) in [6.07, 6.45) is 2.34. The van der Waals surface area contributed by atoms with Crippen LogP contribution >= 0.6 is 11.8 Å². The minimum absolute atomic E-state index is 0.0129. The third kappa shape index (κ3) is 5.90. The number of aliphatic carboxylic acids is 1. The van der Waals surface area contributed by atoms with E-state index in [1.54, 1.807) is 0 Å². The lowest BCUT2D eigenvalue weighted by molar-refractivity contribution is -0.137. The first-order valence-corrected chi connectivity index (χ1v) is 9.14. The number of hydrogen-bond acceptors (Lipinski definition) is 8. The number of rotatable bonds is 10. The zero-order chi connectivity index (χ0) is 20.7. The molecule has 0 aliphatic carbocycles. The van der Waals surface area contributed by atoms with E-state index in [-0.39, 0.29) is 18.6 Å². The van der Waals surface area contributed by atoms with E-state index in [9.17, 15) is 19.2 Å². The highest BCUT2D eigenvalue weighted by Crippen LogP contribution is 2.21. The Morgan fingerprint density at radius 3 is 2.68 bits per heavy atom. The molecule has 0 spiro atoms. The lowest BCUT2D eigenvalue weighted by Gasteiger charge is -2.18. The Kier molecular flexibility index (Phi) is 7.26. The fraction of sp³-hybridized carbons (Fsp3) is 0.400. The zero-order valence-electron chi connectivity index (χ0n) is 14.8. The third-order valence-corrected chi connectivity index (χ3v) is 4.60. The maximum absolute atomic E-state index is 12.1. The number of carboxylic acid groups (broad SMARTS) is 1. The SMILES string of the molecule is C[C@@H](NC(=O)CSc1ncnc2nc[nH]c12)C(=O)N[C@H](CCC(=O)O)C(N)=O. The molecule has 2 aromatic rings. The lowest BCUT2D eigenvalue weighted by Crippen LogP contribution is -2.52. The number of H-pyrrole nitrogens is 1. The van der Waals surface area contributed by atoms with E-state index in [4.69, 9.17) is 10.8 Å². The Balaban J connectivity index is 1.85. The molecule has 150 valence electrons. The number of carboxylic acids is 1. The average molecular weight is 409 g/mol. The van der Waals surface area contributed by atoms with E-state index in [2.05, 4.69) is 30.6 Å². The van der Waals surface area contributed by atoms with Crippen molar-refractivity contribution < 1.29 is 24.3 Å². The predicted molar refractivity (Wildman–Crippen MR) is 98.0 cm³/mol. The number of thioether (sulfide) groups is 1. The second-order valence-electron chi connectivity index (χ2n) is 5.75. The first kappa shape index (κ1) is 21.1. The molecule has 2 rings (SSSR count). The fourth-order valence-electron chi connectivity index (χ4n) is 2.19. The highest BCUT2D eigenvalue weighted by molar-refractivity contribution is 8.00. The standard InChI is InChI=1S/C15H19N7O5S/c1-7(14(27)22-8(12(16)26)2-3-10(24)25)21-9(23)4-28-15-11-13(18-5-17-11)19-6-20-15/h5-8H,2-4H2,1H3,(H2,16,26)(H,21,23)(H,22,27)(H,24,25)(H,17,18,19,20)/t7-,8-/m1/s1. The molecule has 2 atom stereocenters. The van der Waals surface area contributed by atoms with Crippen LogP contribution in [0, 0.1) is 0 Å². The van der Waals surface area contributed by atoms with Gasteiger partial charge in [0.2, 0.25) is 17.7 Å². The van der Waals surface area contributed by atoms with Crippen LogP contribution in [0.2, 0.25) is 0 Å². The topological polar surface area (TPSA) is 193 Å². The van der Waals surface area contributed by atoms with Crippen LogP contribution in [0.15, 0.2) is 17.7 Å². The van der Waals surface area contributed by atoms with Crippen molar-refractivity contribution in [3.8, 4) is 0 Å². The molecule has 0 saturated heterocycles. The van der Waals surface area contributed by atoms with E-state index >= 15 is 0 Å². The average Bonchev–Trinajstić information content (AvgIpc) is 3.12. The molecule has 0 aliphatic heterocycles. The van der Waals surface area contributed by atoms with Crippen LogP contribution in [0.3, 0.4) is 0 Å². The van der Waals surface area contributed by atoms with Crippen LogP contribution in [0.4, 0.5) is 0 Å². The molecule has 2 aromatic heterocycles. The van der Waals surface area contributed by atoms with Crippen molar-refractivity contribution in [1.29, 1.82) is 0 Å². The van der Waals surface area contributed by atoms with Crippen molar-refractivity contribution in [3.05, 3.63) is 12.7 Å². The van der Waals surface area contributed by atoms with Gasteiger partial charge in [0, 0.05) is 6.42 Å². The number of primary amides is 1. The summed E-state index contributed by atoms with van der Waals surface area (Å²) < 4.78 is 0. The highest BCUT2D eigenvalue weighted by atomic mass is 32.2. The molecule has 0 aliphatic rings. The van der Waals surface area contributed by atoms with Crippen molar-refractivity contribution in [2.45, 2.75) is 36.9 Å². The van der Waals surface area contributed by atoms with E-state index in [1.165, 1.54) is 19.6 Å². The molecule has 0 unspecified atom stereocenters. The monoisotopic (exact) mass is 409 g/mol. The van der Waals surface area contributed by atoms with Crippen LogP contribution < -0.4 is 16.4 Å². The van der Waals surface area contributed by atoms with Gasteiger partial charge in [0.25, 0.3) is 0 Å². The van der Waals surface area contributed by atoms with Gasteiger partial charge in [0.15, 0.2) is 5.65 Å². The van der Waals surface area contributed by atoms with E-state index in [0.717, 1.165) is 11.8 Å². The molecule has 2 heterocycles. The van der Waals surface area contributed by atoms with Gasteiger partial charge in [-0.2, -0.15) is 0 Å². The molecule has 3 amide bonds. The van der Waals surface area contributed by atoms with Crippen molar-refractivity contribution in [2.75, 3.05) is 5.75 Å². The van der Waals surface area contributed by atoms with Crippen molar-refractivity contribution >= 4 is 46.6 Å². The summed E-state index contributed by atoms with van der Waals surface area (Å²) in [4.78, 5) is 61.1. The van der Waals surface area contributed by atoms with Crippen LogP contribution in [-0.2, 0) is 19.2 Å². The number of nitrogens with two attached hydrogens (primary N) is 1. The fourth-order valence-corrected chi connectivity index (χ4v) is 2.95. The Hall–Kier alpha value is -3.22. The van der Waals surface area contributed by atoms with Crippen molar-refractivity contribution in [3.63, 3.8) is 0 Å². The molecule has 0 saturated carbocycles. The molecule has 0 bridgehead atoms. The number of carbonyl (C=O) groups excluding carboxylic acids is 3. The molecule has 28 heavy (non-hydrogen) atoms. The summed E-state index contributed by atoms with van der Waals surface area (Å²) in [5, 5.41) is 14.0. The summed E-state index contributed by atoms with van der Waals surface area (Å²) in [5.74, 6) is -3.06. The Morgan fingerprint density at radius 1 is 1.25 bits per heavy atom. The number of aromatic amines is 1. The van der Waals surface area contributed by atoms with E-state index < -0.39 is 35.8 Å². The number of imidazole rings is 1. The van der Waals surface area contributed by atoms with Gasteiger partial charge in [-0.1, -0.05) is 11.8 Å². The third-order valence-electron chi connectivity index (χ3n) is 3.61. The quantitative estimate of drug-likeness (QED) is 0.236. The van der Waals surface area contributed by atoms with Crippen molar-refractivity contribution in [2.24, 2.45) is 5.73 Å². The second kappa shape index (κ2) is 9.64. The van der Waals surface area contributed by atoms with Gasteiger partial charge in [0.05, 0.1) is 12.1 Å². The summed E-state index contributed by atoms with van der Waals surface area (Å²) >= 11 is 1.14. The molecule has 6 N–H and O–H groups in total. The first-order valence-electron chi connectivity index (χ1n) is 8.15. The van der Waals surface area contributed by atoms with Crippen LogP contribution in [-0.4, -0.2) is 66.6 Å². The van der Waals surface area contributed by atoms with E-state index in [0.29, 0.717) is 16.2 Å². The second-order valence-corrected chi connectivity index (χ2v) is 6.72. The lowest BCUT2D eigenvalue weighted by atomic mass is 10.1. The molecular formula is C15H19N7O5S. The zero-order valence-corrected chi connectivity index (χ0v) is 15.7. The van der Waals surface area contributed by atoms with Crippen LogP contribution in [0.5, 0.6) is 0 Å². The maximum Gasteiger partial charge on any atom is 0.303 e. The number of carbonyl (C=O) groups is 4. The van der Waals surface area contributed by atoms with Gasteiger partial charge in [0.1, 0.15) is 29.0 Å². The first-order chi connectivity index (χ1) is 13.3. The summed E-state index contributed by atoms with van der Waals surface area (Å²) in [6, 6.07) is -2.08. The van der Waals surface area contributed by atoms with Crippen molar-refractivity contribution in [1.82, 2.24) is 30.6 Å². The van der Waals surface area contributed by atoms with Gasteiger partial charge in [-0.25, -0.2) is 15.0 Å². The van der Waals surface area contributed by atoms with Gasteiger partial charge in [-0.15, -0.1) is 0 Å². The molecule has 13 heteroatoms. The van der Waals surface area contributed by atoms with Gasteiger partial charge in [-0.3, -0.25) is 19.2 Å². The normalized spacial score (nSPS) is 12.9. The Morgan fingerprint density at radius 2 is 2.00 bits per heavy atom. The summed E-state index contributed by atoms with van der Waals surface area (Å²) in [6.45, 7) is 1.44. The highest BCUT2D eigenvalue weighted by Gasteiger charge is 2.23. The molecule has 0 fully saturated rings. The smallest absolute Gasteiger partial charge is 0.303 e. The Labute approximate surface area is 163 Å². The maximum atomic E-state index is 12.1. The largest absolute Gasteiger partial charge is 0.481 e. The number of aromatic nitrogens is 4. The minimum atomic E-state index is -1.13. The van der Waals surface area contributed by atoms with Gasteiger partial charge in [-0.05, 0) is 13.3 Å². The number of amides is 3. The van der Waals surface area contributed by atoms with Crippen LogP contribution in [0.25, 0.3) is 11.2 Å².